The molecule has 2 aromatic rings. The van der Waals surface area contributed by atoms with E-state index < -0.39 is 23.6 Å². The molecule has 0 bridgehead atoms. The number of ether oxygens (including phenoxy) is 1. The van der Waals surface area contributed by atoms with E-state index in [0.717, 1.165) is 12.5 Å². The third-order valence-electron chi connectivity index (χ3n) is 4.71. The van der Waals surface area contributed by atoms with Crippen LogP contribution in [0.2, 0.25) is 0 Å². The molecule has 0 spiro atoms. The number of halogens is 3. The summed E-state index contributed by atoms with van der Waals surface area (Å²) in [4.78, 5) is 11.8. The summed E-state index contributed by atoms with van der Waals surface area (Å²) in [5.41, 5.74) is 0.682. The molecule has 154 valence electrons. The smallest absolute Gasteiger partial charge is 0.448 e. The van der Waals surface area contributed by atoms with Crippen molar-refractivity contribution in [3.8, 4) is 5.75 Å². The van der Waals surface area contributed by atoms with Gasteiger partial charge in [0.1, 0.15) is 11.4 Å². The van der Waals surface area contributed by atoms with E-state index in [2.05, 4.69) is 5.32 Å². The molecule has 0 saturated heterocycles. The van der Waals surface area contributed by atoms with Crippen LogP contribution in [0.1, 0.15) is 44.4 Å². The van der Waals surface area contributed by atoms with Crippen molar-refractivity contribution >= 4 is 11.5 Å². The summed E-state index contributed by atoms with van der Waals surface area (Å²) in [7, 11) is 0. The Kier molecular flexibility index (Phi) is 4.99. The SMILES string of the molecule is CC(=O)NC1=C(c2ccccc2)c2cc(C(C)(C)C)ccc2OC1(O)C(F)(F)F. The number of amides is 1. The van der Waals surface area contributed by atoms with Crippen LogP contribution in [0, 0.1) is 0 Å². The van der Waals surface area contributed by atoms with Gasteiger partial charge in [-0.25, -0.2) is 0 Å². The zero-order chi connectivity index (χ0) is 21.6. The van der Waals surface area contributed by atoms with Crippen molar-refractivity contribution in [3.05, 3.63) is 70.9 Å². The molecule has 0 aliphatic carbocycles. The topological polar surface area (TPSA) is 58.6 Å². The van der Waals surface area contributed by atoms with Crippen LogP contribution in [0.5, 0.6) is 5.75 Å². The van der Waals surface area contributed by atoms with Crippen molar-refractivity contribution in [3.63, 3.8) is 0 Å². The third kappa shape index (κ3) is 3.74. The highest BCUT2D eigenvalue weighted by atomic mass is 19.4. The van der Waals surface area contributed by atoms with E-state index in [9.17, 15) is 23.1 Å². The molecule has 2 aromatic carbocycles. The summed E-state index contributed by atoms with van der Waals surface area (Å²) in [6, 6.07) is 13.1. The number of aliphatic hydroxyl groups is 1. The van der Waals surface area contributed by atoms with E-state index in [0.29, 0.717) is 11.1 Å². The second kappa shape index (κ2) is 6.91. The molecule has 1 aliphatic rings. The molecule has 7 heteroatoms. The van der Waals surface area contributed by atoms with Gasteiger partial charge in [0, 0.05) is 18.1 Å². The van der Waals surface area contributed by atoms with Gasteiger partial charge in [0.05, 0.1) is 0 Å². The number of hydrogen-bond acceptors (Lipinski definition) is 3. The first-order chi connectivity index (χ1) is 13.3. The van der Waals surface area contributed by atoms with Crippen molar-refractivity contribution < 1.29 is 27.8 Å². The van der Waals surface area contributed by atoms with Crippen LogP contribution < -0.4 is 10.1 Å². The Bertz CT molecular complexity index is 975. The number of rotatable bonds is 2. The lowest BCUT2D eigenvalue weighted by Crippen LogP contribution is -2.57. The van der Waals surface area contributed by atoms with E-state index in [4.69, 9.17) is 4.74 Å². The van der Waals surface area contributed by atoms with Gasteiger partial charge in [-0.2, -0.15) is 13.2 Å². The maximum Gasteiger partial charge on any atom is 0.462 e. The second-order valence-corrected chi connectivity index (χ2v) is 8.00. The van der Waals surface area contributed by atoms with Crippen LogP contribution in [0.25, 0.3) is 5.57 Å². The molecule has 0 radical (unpaired) electrons. The van der Waals surface area contributed by atoms with Crippen LogP contribution in [0.15, 0.2) is 54.2 Å². The first-order valence-corrected chi connectivity index (χ1v) is 9.05. The van der Waals surface area contributed by atoms with Crippen LogP contribution in [0.3, 0.4) is 0 Å². The van der Waals surface area contributed by atoms with Gasteiger partial charge in [-0.05, 0) is 28.7 Å². The number of benzene rings is 2. The Morgan fingerprint density at radius 2 is 1.69 bits per heavy atom. The maximum atomic E-state index is 13.9. The molecule has 0 saturated carbocycles. The van der Waals surface area contributed by atoms with Gasteiger partial charge < -0.3 is 15.2 Å². The Morgan fingerprint density at radius 1 is 1.07 bits per heavy atom. The second-order valence-electron chi connectivity index (χ2n) is 8.00. The third-order valence-corrected chi connectivity index (χ3v) is 4.71. The Labute approximate surface area is 167 Å². The summed E-state index contributed by atoms with van der Waals surface area (Å²) in [5.74, 6) is -4.57. The monoisotopic (exact) mass is 405 g/mol. The van der Waals surface area contributed by atoms with Crippen LogP contribution >= 0.6 is 0 Å². The lowest BCUT2D eigenvalue weighted by molar-refractivity contribution is -0.318. The summed E-state index contributed by atoms with van der Waals surface area (Å²) in [6.07, 6.45) is -5.19. The molecular weight excluding hydrogens is 383 g/mol. The van der Waals surface area contributed by atoms with Crippen molar-refractivity contribution in [2.45, 2.75) is 45.1 Å². The summed E-state index contributed by atoms with van der Waals surface area (Å²) in [5, 5.41) is 12.8. The van der Waals surface area contributed by atoms with Crippen molar-refractivity contribution in [2.24, 2.45) is 0 Å². The molecule has 0 fully saturated rings. The van der Waals surface area contributed by atoms with Crippen molar-refractivity contribution in [2.75, 3.05) is 0 Å². The fraction of sp³-hybridized carbons (Fsp3) is 0.318. The summed E-state index contributed by atoms with van der Waals surface area (Å²) in [6.45, 7) is 7.01. The first-order valence-electron chi connectivity index (χ1n) is 9.05. The molecule has 4 nitrogen and oxygen atoms in total. The number of carbonyl (C=O) groups excluding carboxylic acids is 1. The minimum Gasteiger partial charge on any atom is -0.448 e. The zero-order valence-corrected chi connectivity index (χ0v) is 16.5. The van der Waals surface area contributed by atoms with Gasteiger partial charge in [-0.1, -0.05) is 57.2 Å². The average molecular weight is 405 g/mol. The maximum absolute atomic E-state index is 13.9. The number of fused-ring (bicyclic) bond motifs is 1. The highest BCUT2D eigenvalue weighted by Gasteiger charge is 2.62. The number of alkyl halides is 3. The first kappa shape index (κ1) is 20.9. The Balaban J connectivity index is 2.42. The van der Waals surface area contributed by atoms with E-state index >= 15 is 0 Å². The highest BCUT2D eigenvalue weighted by molar-refractivity contribution is 5.90. The fourth-order valence-electron chi connectivity index (χ4n) is 3.22. The minimum absolute atomic E-state index is 0.0629. The lowest BCUT2D eigenvalue weighted by Gasteiger charge is -2.39. The number of nitrogens with one attached hydrogen (secondary N) is 1. The van der Waals surface area contributed by atoms with Gasteiger partial charge in [0.25, 0.3) is 0 Å². The van der Waals surface area contributed by atoms with Gasteiger partial charge in [-0.3, -0.25) is 4.79 Å². The van der Waals surface area contributed by atoms with Crippen molar-refractivity contribution in [1.29, 1.82) is 0 Å². The van der Waals surface area contributed by atoms with E-state index in [-0.39, 0.29) is 16.7 Å². The zero-order valence-electron chi connectivity index (χ0n) is 16.5. The Hall–Kier alpha value is -2.80. The molecule has 1 amide bonds. The van der Waals surface area contributed by atoms with E-state index in [1.165, 1.54) is 6.07 Å². The molecule has 1 unspecified atom stereocenters. The molecule has 3 rings (SSSR count). The predicted octanol–water partition coefficient (Wildman–Crippen LogP) is 4.52. The highest BCUT2D eigenvalue weighted by Crippen LogP contribution is 2.48. The molecule has 29 heavy (non-hydrogen) atoms. The van der Waals surface area contributed by atoms with Crippen LogP contribution in [-0.2, 0) is 10.2 Å². The quantitative estimate of drug-likeness (QED) is 0.772. The standard InChI is InChI=1S/C22H22F3NO3/c1-13(27)26-19-18(14-8-6-5-7-9-14)16-12-15(20(2,3)4)10-11-17(16)29-21(19,28)22(23,24)25/h5-12,28H,1-4H3,(H,26,27). The average Bonchev–Trinajstić information content (AvgIpc) is 2.60. The Morgan fingerprint density at radius 3 is 2.21 bits per heavy atom. The largest absolute Gasteiger partial charge is 0.462 e. The van der Waals surface area contributed by atoms with Crippen LogP contribution in [0.4, 0.5) is 13.2 Å². The van der Waals surface area contributed by atoms with E-state index in [1.54, 1.807) is 42.5 Å². The predicted molar refractivity (Wildman–Crippen MR) is 103 cm³/mol. The molecule has 2 N–H and O–H groups in total. The van der Waals surface area contributed by atoms with Gasteiger partial charge in [-0.15, -0.1) is 0 Å². The molecule has 1 atom stereocenters. The summed E-state index contributed by atoms with van der Waals surface area (Å²) < 4.78 is 46.8. The van der Waals surface area contributed by atoms with E-state index in [1.807, 2.05) is 20.8 Å². The number of carbonyl (C=O) groups is 1. The molecule has 0 aromatic heterocycles. The minimum atomic E-state index is -5.19. The summed E-state index contributed by atoms with van der Waals surface area (Å²) >= 11 is 0. The lowest BCUT2D eigenvalue weighted by atomic mass is 9.82. The van der Waals surface area contributed by atoms with Gasteiger partial charge >= 0.3 is 12.0 Å². The molecular formula is C22H22F3NO3. The number of hydrogen-bond donors (Lipinski definition) is 2. The van der Waals surface area contributed by atoms with Crippen molar-refractivity contribution in [1.82, 2.24) is 5.32 Å². The van der Waals surface area contributed by atoms with Crippen LogP contribution in [-0.4, -0.2) is 23.0 Å². The van der Waals surface area contributed by atoms with Gasteiger partial charge in [0.2, 0.25) is 5.91 Å². The molecule has 1 heterocycles. The fourth-order valence-corrected chi connectivity index (χ4v) is 3.22. The van der Waals surface area contributed by atoms with Gasteiger partial charge in [0.15, 0.2) is 0 Å². The molecule has 1 aliphatic heterocycles. The normalized spacial score (nSPS) is 19.4.